The summed E-state index contributed by atoms with van der Waals surface area (Å²) in [4.78, 5) is 10.2. The maximum Gasteiger partial charge on any atom is 0.319 e. The molecule has 0 spiro atoms. The Hall–Kier alpha value is -0.530. The average molecular weight is 227 g/mol. The number of carboxylic acids is 1. The third-order valence-electron chi connectivity index (χ3n) is 1.18. The highest BCUT2D eigenvalue weighted by Crippen LogP contribution is 2.09. The van der Waals surface area contributed by atoms with E-state index in [0.29, 0.717) is 11.6 Å². The number of hydrogen-bond acceptors (Lipinski definition) is 5. The summed E-state index contributed by atoms with van der Waals surface area (Å²) >= 11 is 11.3. The quantitative estimate of drug-likeness (QED) is 0.582. The van der Waals surface area contributed by atoms with E-state index in [4.69, 9.17) is 28.5 Å². The molecule has 0 aromatic carbocycles. The fourth-order valence-corrected chi connectivity index (χ4v) is 1.22. The summed E-state index contributed by atoms with van der Waals surface area (Å²) in [6, 6.07) is 0. The first kappa shape index (κ1) is 10.6. The van der Waals surface area contributed by atoms with Gasteiger partial charge in [-0.1, -0.05) is 11.6 Å². The lowest BCUT2D eigenvalue weighted by Gasteiger charge is -2.29. The molecule has 3 N–H and O–H groups in total. The van der Waals surface area contributed by atoms with Crippen molar-refractivity contribution in [2.24, 2.45) is 0 Å². The van der Waals surface area contributed by atoms with Gasteiger partial charge < -0.3 is 5.11 Å². The van der Waals surface area contributed by atoms with E-state index in [2.05, 4.69) is 11.0 Å². The summed E-state index contributed by atoms with van der Waals surface area (Å²) in [7, 11) is 0. The zero-order valence-corrected chi connectivity index (χ0v) is 8.01. The third-order valence-corrected chi connectivity index (χ3v) is 1.59. The Morgan fingerprint density at radius 2 is 2.54 bits per heavy atom. The van der Waals surface area contributed by atoms with Gasteiger partial charge in [-0.15, -0.1) is 10.1 Å². The van der Waals surface area contributed by atoms with Crippen LogP contribution in [0.2, 0.25) is 0 Å². The number of halogens is 2. The number of nitrogens with one attached hydrogen (secondary N) is 2. The Kier molecular flexibility index (Phi) is 3.76. The number of carbonyl (C=O) groups is 1. The van der Waals surface area contributed by atoms with Crippen LogP contribution in [0.15, 0.2) is 11.2 Å². The van der Waals surface area contributed by atoms with Gasteiger partial charge in [0.15, 0.2) is 0 Å². The van der Waals surface area contributed by atoms with Crippen molar-refractivity contribution < 1.29 is 9.90 Å². The second kappa shape index (κ2) is 4.64. The molecule has 0 radical (unpaired) electrons. The van der Waals surface area contributed by atoms with Gasteiger partial charge in [0, 0.05) is 0 Å². The molecule has 0 aliphatic carbocycles. The molecule has 0 saturated carbocycles. The van der Waals surface area contributed by atoms with Crippen LogP contribution in [0, 0.1) is 0 Å². The highest BCUT2D eigenvalue weighted by Gasteiger charge is 2.14. The fraction of sp³-hybridized carbons (Fsp3) is 0.400. The largest absolute Gasteiger partial charge is 0.480 e. The van der Waals surface area contributed by atoms with E-state index in [1.807, 2.05) is 0 Å². The first-order valence-corrected chi connectivity index (χ1v) is 4.10. The van der Waals surface area contributed by atoms with Crippen LogP contribution in [0.1, 0.15) is 0 Å². The topological polar surface area (TPSA) is 67.8 Å². The SMILES string of the molecule is O=C(O)CNN1C=C(Cl)CN(Cl)N1. The van der Waals surface area contributed by atoms with E-state index in [1.165, 1.54) is 15.8 Å². The normalized spacial score (nSPS) is 18.6. The molecule has 0 unspecified atom stereocenters. The molecule has 8 heteroatoms. The Balaban J connectivity index is 2.41. The summed E-state index contributed by atoms with van der Waals surface area (Å²) in [6.45, 7) is 0.132. The molecule has 0 fully saturated rings. The molecule has 1 heterocycles. The minimum atomic E-state index is -0.974. The molecule has 0 atom stereocenters. The average Bonchev–Trinajstić information content (AvgIpc) is 1.99. The predicted molar refractivity (Wildman–Crippen MR) is 47.1 cm³/mol. The molecule has 74 valence electrons. The summed E-state index contributed by atoms with van der Waals surface area (Å²) in [5.41, 5.74) is 5.12. The van der Waals surface area contributed by atoms with Gasteiger partial charge in [0.25, 0.3) is 0 Å². The Bertz CT molecular complexity index is 235. The van der Waals surface area contributed by atoms with E-state index in [-0.39, 0.29) is 6.54 Å². The number of nitrogens with zero attached hydrogens (tertiary/aromatic N) is 2. The minimum Gasteiger partial charge on any atom is -0.480 e. The van der Waals surface area contributed by atoms with Crippen molar-refractivity contribution in [3.8, 4) is 0 Å². The van der Waals surface area contributed by atoms with Crippen molar-refractivity contribution in [3.05, 3.63) is 11.2 Å². The Morgan fingerprint density at radius 3 is 3.08 bits per heavy atom. The standard InChI is InChI=1S/C5H8Cl2N4O2/c6-4-2-10(7)9-11(3-4)8-1-5(12)13/h3,8-9H,1-2H2,(H,12,13). The smallest absolute Gasteiger partial charge is 0.319 e. The lowest BCUT2D eigenvalue weighted by atomic mass is 10.6. The number of aliphatic carboxylic acids is 1. The third kappa shape index (κ3) is 3.79. The van der Waals surface area contributed by atoms with Gasteiger partial charge in [-0.3, -0.25) is 4.79 Å². The van der Waals surface area contributed by atoms with Crippen LogP contribution in [-0.2, 0) is 4.79 Å². The van der Waals surface area contributed by atoms with Crippen molar-refractivity contribution >= 4 is 29.3 Å². The first-order chi connectivity index (χ1) is 6.08. The van der Waals surface area contributed by atoms with Crippen molar-refractivity contribution in [2.45, 2.75) is 0 Å². The molecule has 0 bridgehead atoms. The van der Waals surface area contributed by atoms with Gasteiger partial charge in [0.05, 0.1) is 17.8 Å². The number of hydrazine groups is 3. The lowest BCUT2D eigenvalue weighted by Crippen LogP contribution is -2.53. The molecule has 0 saturated heterocycles. The van der Waals surface area contributed by atoms with Crippen LogP contribution in [0.25, 0.3) is 0 Å². The predicted octanol–water partition coefficient (Wildman–Crippen LogP) is -0.153. The fourth-order valence-electron chi connectivity index (χ4n) is 0.728. The summed E-state index contributed by atoms with van der Waals surface area (Å²) in [5, 5.41) is 10.1. The Morgan fingerprint density at radius 1 is 1.85 bits per heavy atom. The van der Waals surface area contributed by atoms with E-state index in [0.717, 1.165) is 0 Å². The van der Waals surface area contributed by atoms with Gasteiger partial charge in [-0.2, -0.15) is 0 Å². The van der Waals surface area contributed by atoms with E-state index >= 15 is 0 Å². The molecule has 1 rings (SSSR count). The second-order valence-corrected chi connectivity index (χ2v) is 3.19. The van der Waals surface area contributed by atoms with Crippen LogP contribution >= 0.6 is 23.4 Å². The van der Waals surface area contributed by atoms with Crippen molar-refractivity contribution in [1.82, 2.24) is 20.6 Å². The van der Waals surface area contributed by atoms with Crippen LogP contribution in [0.5, 0.6) is 0 Å². The number of rotatable bonds is 3. The maximum atomic E-state index is 10.2. The minimum absolute atomic E-state index is 0.224. The number of hydrogen-bond donors (Lipinski definition) is 3. The van der Waals surface area contributed by atoms with Gasteiger partial charge in [-0.25, -0.2) is 10.5 Å². The molecule has 0 amide bonds. The van der Waals surface area contributed by atoms with Crippen molar-refractivity contribution in [2.75, 3.05) is 13.1 Å². The summed E-state index contributed by atoms with van der Waals surface area (Å²) < 4.78 is 1.19. The molecule has 1 aliphatic rings. The molecular formula is C5H8Cl2N4O2. The Labute approximate surface area is 84.7 Å². The van der Waals surface area contributed by atoms with Crippen molar-refractivity contribution in [3.63, 3.8) is 0 Å². The summed E-state index contributed by atoms with van der Waals surface area (Å²) in [6.07, 6.45) is 1.50. The highest BCUT2D eigenvalue weighted by molar-refractivity contribution is 6.30. The van der Waals surface area contributed by atoms with E-state index in [9.17, 15) is 4.79 Å². The van der Waals surface area contributed by atoms with Gasteiger partial charge in [-0.05, 0) is 11.8 Å². The first-order valence-electron chi connectivity index (χ1n) is 3.38. The second-order valence-electron chi connectivity index (χ2n) is 2.29. The van der Waals surface area contributed by atoms with E-state index < -0.39 is 5.97 Å². The number of carboxylic acid groups (broad SMARTS) is 1. The molecule has 13 heavy (non-hydrogen) atoms. The highest BCUT2D eigenvalue weighted by atomic mass is 35.5. The molecule has 6 nitrogen and oxygen atoms in total. The van der Waals surface area contributed by atoms with Crippen LogP contribution < -0.4 is 11.0 Å². The van der Waals surface area contributed by atoms with Gasteiger partial charge in [0.2, 0.25) is 0 Å². The van der Waals surface area contributed by atoms with Crippen molar-refractivity contribution in [1.29, 1.82) is 0 Å². The maximum absolute atomic E-state index is 10.2. The molecular weight excluding hydrogens is 219 g/mol. The van der Waals surface area contributed by atoms with E-state index in [1.54, 1.807) is 0 Å². The lowest BCUT2D eigenvalue weighted by molar-refractivity contribution is -0.137. The summed E-state index contributed by atoms with van der Waals surface area (Å²) in [5.74, 6) is -0.974. The monoisotopic (exact) mass is 226 g/mol. The van der Waals surface area contributed by atoms with Crippen LogP contribution in [0.3, 0.4) is 0 Å². The zero-order chi connectivity index (χ0) is 9.84. The van der Waals surface area contributed by atoms with Gasteiger partial charge in [0.1, 0.15) is 6.54 Å². The molecule has 0 aromatic rings. The van der Waals surface area contributed by atoms with Gasteiger partial charge >= 0.3 is 5.97 Å². The van der Waals surface area contributed by atoms with Crippen LogP contribution in [0.4, 0.5) is 0 Å². The zero-order valence-electron chi connectivity index (χ0n) is 6.50. The molecule has 1 aliphatic heterocycles. The van der Waals surface area contributed by atoms with Crippen LogP contribution in [-0.4, -0.2) is 33.8 Å². The molecule has 0 aromatic heterocycles.